The maximum atomic E-state index is 5.77. The molecule has 11 heavy (non-hydrogen) atoms. The Balaban J connectivity index is 3.73. The SMILES string of the molecule is C=C/C=C(Cl)\C=C/CC(C)C. The first-order chi connectivity index (χ1) is 5.16. The first kappa shape index (κ1) is 10.5. The Morgan fingerprint density at radius 2 is 2.18 bits per heavy atom. The molecule has 0 N–H and O–H groups in total. The van der Waals surface area contributed by atoms with Gasteiger partial charge in [-0.1, -0.05) is 44.2 Å². The lowest BCUT2D eigenvalue weighted by Gasteiger charge is -1.95. The number of halogens is 1. The van der Waals surface area contributed by atoms with Crippen molar-refractivity contribution in [2.24, 2.45) is 5.92 Å². The van der Waals surface area contributed by atoms with E-state index in [-0.39, 0.29) is 0 Å². The fraction of sp³-hybridized carbons (Fsp3) is 0.400. The molecule has 0 radical (unpaired) electrons. The van der Waals surface area contributed by atoms with Crippen LogP contribution in [-0.2, 0) is 0 Å². The van der Waals surface area contributed by atoms with Crippen LogP contribution in [0.3, 0.4) is 0 Å². The second kappa shape index (κ2) is 6.23. The van der Waals surface area contributed by atoms with Gasteiger partial charge in [0.2, 0.25) is 0 Å². The average molecular weight is 171 g/mol. The van der Waals surface area contributed by atoms with E-state index in [2.05, 4.69) is 26.5 Å². The van der Waals surface area contributed by atoms with Crippen LogP contribution in [0.4, 0.5) is 0 Å². The summed E-state index contributed by atoms with van der Waals surface area (Å²) in [6, 6.07) is 0. The van der Waals surface area contributed by atoms with E-state index in [1.54, 1.807) is 12.2 Å². The quantitative estimate of drug-likeness (QED) is 0.562. The largest absolute Gasteiger partial charge is 0.0990 e. The van der Waals surface area contributed by atoms with Crippen LogP contribution in [0.2, 0.25) is 0 Å². The normalized spacial score (nSPS) is 12.9. The van der Waals surface area contributed by atoms with Crippen LogP contribution in [0.15, 0.2) is 35.9 Å². The lowest BCUT2D eigenvalue weighted by molar-refractivity contribution is 0.664. The van der Waals surface area contributed by atoms with Gasteiger partial charge in [-0.15, -0.1) is 0 Å². The summed E-state index contributed by atoms with van der Waals surface area (Å²) < 4.78 is 0. The molecular formula is C10H15Cl. The van der Waals surface area contributed by atoms with Crippen molar-refractivity contribution in [3.05, 3.63) is 35.9 Å². The molecule has 1 heteroatoms. The van der Waals surface area contributed by atoms with Crippen molar-refractivity contribution in [1.29, 1.82) is 0 Å². The fourth-order valence-electron chi connectivity index (χ4n) is 0.621. The predicted octanol–water partition coefficient (Wildman–Crippen LogP) is 3.90. The molecule has 0 aliphatic rings. The van der Waals surface area contributed by atoms with Crippen LogP contribution in [0.5, 0.6) is 0 Å². The predicted molar refractivity (Wildman–Crippen MR) is 52.7 cm³/mol. The summed E-state index contributed by atoms with van der Waals surface area (Å²) >= 11 is 5.77. The monoisotopic (exact) mass is 170 g/mol. The minimum atomic E-state index is 0.694. The first-order valence-corrected chi connectivity index (χ1v) is 4.19. The highest BCUT2D eigenvalue weighted by Crippen LogP contribution is 2.06. The molecule has 0 aromatic heterocycles. The van der Waals surface area contributed by atoms with E-state index >= 15 is 0 Å². The molecule has 0 unspecified atom stereocenters. The zero-order chi connectivity index (χ0) is 8.69. The summed E-state index contributed by atoms with van der Waals surface area (Å²) in [6.07, 6.45) is 8.51. The molecule has 62 valence electrons. The summed E-state index contributed by atoms with van der Waals surface area (Å²) in [5.74, 6) is 0.694. The molecule has 0 aromatic rings. The third-order valence-electron chi connectivity index (χ3n) is 1.16. The summed E-state index contributed by atoms with van der Waals surface area (Å²) in [4.78, 5) is 0. The highest BCUT2D eigenvalue weighted by Gasteiger charge is 1.87. The topological polar surface area (TPSA) is 0 Å². The van der Waals surface area contributed by atoms with E-state index in [1.165, 1.54) is 0 Å². The maximum absolute atomic E-state index is 5.77. The third-order valence-corrected chi connectivity index (χ3v) is 1.41. The second-order valence-corrected chi connectivity index (χ2v) is 3.26. The zero-order valence-electron chi connectivity index (χ0n) is 7.18. The second-order valence-electron chi connectivity index (χ2n) is 2.82. The molecule has 0 aliphatic heterocycles. The first-order valence-electron chi connectivity index (χ1n) is 3.81. The van der Waals surface area contributed by atoms with E-state index in [0.717, 1.165) is 11.5 Å². The highest BCUT2D eigenvalue weighted by atomic mass is 35.5. The molecule has 0 aromatic carbocycles. The molecule has 0 bridgehead atoms. The Kier molecular flexibility index (Phi) is 5.96. The van der Waals surface area contributed by atoms with Gasteiger partial charge in [0.25, 0.3) is 0 Å². The van der Waals surface area contributed by atoms with Gasteiger partial charge in [0.05, 0.1) is 0 Å². The van der Waals surface area contributed by atoms with Crippen LogP contribution in [0.1, 0.15) is 20.3 Å². The van der Waals surface area contributed by atoms with Crippen molar-refractivity contribution in [1.82, 2.24) is 0 Å². The maximum Gasteiger partial charge on any atom is 0.0402 e. The van der Waals surface area contributed by atoms with Crippen molar-refractivity contribution in [2.75, 3.05) is 0 Å². The van der Waals surface area contributed by atoms with Crippen molar-refractivity contribution < 1.29 is 0 Å². The molecule has 0 saturated carbocycles. The Morgan fingerprint density at radius 3 is 2.64 bits per heavy atom. The van der Waals surface area contributed by atoms with E-state index < -0.39 is 0 Å². The molecule has 0 saturated heterocycles. The average Bonchev–Trinajstić information content (AvgIpc) is 1.87. The standard InChI is InChI=1S/C10H15Cl/c1-4-6-10(11)8-5-7-9(2)3/h4-6,8-9H,1,7H2,2-3H3/b8-5-,10-6+. The van der Waals surface area contributed by atoms with Gasteiger partial charge in [-0.25, -0.2) is 0 Å². The highest BCUT2D eigenvalue weighted by molar-refractivity contribution is 6.31. The third kappa shape index (κ3) is 7.41. The van der Waals surface area contributed by atoms with Crippen molar-refractivity contribution in [3.63, 3.8) is 0 Å². The smallest absolute Gasteiger partial charge is 0.0402 e. The van der Waals surface area contributed by atoms with E-state index in [1.807, 2.05) is 6.08 Å². The Hall–Kier alpha value is -0.490. The van der Waals surface area contributed by atoms with Gasteiger partial charge in [0, 0.05) is 5.03 Å². The van der Waals surface area contributed by atoms with Gasteiger partial charge in [-0.3, -0.25) is 0 Å². The van der Waals surface area contributed by atoms with Crippen molar-refractivity contribution in [3.8, 4) is 0 Å². The molecule has 0 spiro atoms. The Labute approximate surface area is 74.3 Å². The van der Waals surface area contributed by atoms with Crippen molar-refractivity contribution in [2.45, 2.75) is 20.3 Å². The summed E-state index contributed by atoms with van der Waals surface area (Å²) in [7, 11) is 0. The van der Waals surface area contributed by atoms with Crippen LogP contribution >= 0.6 is 11.6 Å². The lowest BCUT2D eigenvalue weighted by atomic mass is 10.1. The van der Waals surface area contributed by atoms with E-state index in [0.29, 0.717) is 5.92 Å². The van der Waals surface area contributed by atoms with Crippen LogP contribution in [0.25, 0.3) is 0 Å². The van der Waals surface area contributed by atoms with Gasteiger partial charge in [0.1, 0.15) is 0 Å². The van der Waals surface area contributed by atoms with Crippen LogP contribution < -0.4 is 0 Å². The molecule has 0 atom stereocenters. The number of allylic oxidation sites excluding steroid dienone is 5. The minimum absolute atomic E-state index is 0.694. The molecule has 0 rings (SSSR count). The van der Waals surface area contributed by atoms with E-state index in [4.69, 9.17) is 11.6 Å². The molecule has 0 amide bonds. The molecule has 0 heterocycles. The fourth-order valence-corrected chi connectivity index (χ4v) is 0.799. The lowest BCUT2D eigenvalue weighted by Crippen LogP contribution is -1.80. The van der Waals surface area contributed by atoms with Gasteiger partial charge >= 0.3 is 0 Å². The summed E-state index contributed by atoms with van der Waals surface area (Å²) in [5.41, 5.74) is 0. The van der Waals surface area contributed by atoms with E-state index in [9.17, 15) is 0 Å². The van der Waals surface area contributed by atoms with Gasteiger partial charge in [-0.05, 0) is 24.5 Å². The minimum Gasteiger partial charge on any atom is -0.0990 e. The van der Waals surface area contributed by atoms with Crippen LogP contribution in [-0.4, -0.2) is 0 Å². The molecule has 0 nitrogen and oxygen atoms in total. The van der Waals surface area contributed by atoms with Crippen molar-refractivity contribution >= 4 is 11.6 Å². The molecular weight excluding hydrogens is 156 g/mol. The number of hydrogen-bond donors (Lipinski definition) is 0. The molecule has 0 aliphatic carbocycles. The van der Waals surface area contributed by atoms with Gasteiger partial charge in [0.15, 0.2) is 0 Å². The van der Waals surface area contributed by atoms with Crippen LogP contribution in [0, 0.1) is 5.92 Å². The Morgan fingerprint density at radius 1 is 1.55 bits per heavy atom. The Bertz CT molecular complexity index is 164. The van der Waals surface area contributed by atoms with Gasteiger partial charge in [-0.2, -0.15) is 0 Å². The van der Waals surface area contributed by atoms with Gasteiger partial charge < -0.3 is 0 Å². The number of rotatable bonds is 4. The number of hydrogen-bond acceptors (Lipinski definition) is 0. The summed E-state index contributed by atoms with van der Waals surface area (Å²) in [6.45, 7) is 7.90. The zero-order valence-corrected chi connectivity index (χ0v) is 7.93. The summed E-state index contributed by atoms with van der Waals surface area (Å²) in [5, 5.41) is 0.737. The molecule has 0 fully saturated rings.